The van der Waals surface area contributed by atoms with Gasteiger partial charge in [0.05, 0.1) is 16.3 Å². The predicted molar refractivity (Wildman–Crippen MR) is 158 cm³/mol. The van der Waals surface area contributed by atoms with Crippen molar-refractivity contribution in [3.8, 4) is 11.3 Å². The molecule has 1 aromatic heterocycles. The fourth-order valence-corrected chi connectivity index (χ4v) is 5.91. The molecular weight excluding hydrogens is 490 g/mol. The second-order valence-corrected chi connectivity index (χ2v) is 11.0. The van der Waals surface area contributed by atoms with Gasteiger partial charge in [0.15, 0.2) is 0 Å². The Morgan fingerprint density at radius 3 is 2.11 bits per heavy atom. The zero-order valence-electron chi connectivity index (χ0n) is 21.7. The average Bonchev–Trinajstić information content (AvgIpc) is 3.43. The molecule has 196 valence electrons. The molecule has 3 N–H and O–H groups in total. The van der Waals surface area contributed by atoms with Crippen molar-refractivity contribution in [3.63, 3.8) is 0 Å². The minimum absolute atomic E-state index is 0.292. The van der Waals surface area contributed by atoms with Crippen LogP contribution >= 0.6 is 11.3 Å². The lowest BCUT2D eigenvalue weighted by atomic mass is 9.84. The van der Waals surface area contributed by atoms with Crippen molar-refractivity contribution < 1.29 is 9.90 Å². The van der Waals surface area contributed by atoms with Crippen LogP contribution < -0.4 is 10.6 Å². The van der Waals surface area contributed by atoms with Crippen LogP contribution in [0.5, 0.6) is 0 Å². The molecule has 0 unspecified atom stereocenters. The van der Waals surface area contributed by atoms with E-state index in [2.05, 4.69) is 64.5 Å². The Balaban J connectivity index is 1.06. The van der Waals surface area contributed by atoms with Crippen LogP contribution in [0, 0.1) is 0 Å². The molecule has 3 aromatic carbocycles. The van der Waals surface area contributed by atoms with Crippen LogP contribution in [0.4, 0.5) is 11.4 Å². The molecule has 38 heavy (non-hydrogen) atoms. The number of hydrogen-bond acceptors (Lipinski definition) is 5. The number of benzene rings is 3. The summed E-state index contributed by atoms with van der Waals surface area (Å²) in [4.78, 5) is 15.8. The van der Waals surface area contributed by atoms with Gasteiger partial charge in [0.25, 0.3) is 0 Å². The van der Waals surface area contributed by atoms with E-state index in [0.717, 1.165) is 59.5 Å². The first kappa shape index (κ1) is 26.0. The number of anilines is 2. The number of aromatic carboxylic acids is 1. The van der Waals surface area contributed by atoms with Gasteiger partial charge in [-0.1, -0.05) is 55.7 Å². The number of rotatable bonds is 11. The summed E-state index contributed by atoms with van der Waals surface area (Å²) in [6.07, 6.45) is 8.69. The minimum atomic E-state index is -0.911. The standard InChI is InChI=1S/C32H35N3O2S/c36-32(37)27-12-16-29(17-13-27)34-21-19-31-35-30(22-38-31)26-10-14-28(15-11-26)33-20-18-23-6-8-25(9-7-23)24-4-2-1-3-5-24/h6-17,22,24,33-34H,1-5,18-21H2,(H,36,37). The van der Waals surface area contributed by atoms with Crippen LogP contribution in [0.15, 0.2) is 78.2 Å². The molecule has 0 atom stereocenters. The number of carbonyl (C=O) groups is 1. The number of hydrogen-bond donors (Lipinski definition) is 3. The molecule has 1 aliphatic rings. The van der Waals surface area contributed by atoms with Gasteiger partial charge in [-0.25, -0.2) is 9.78 Å². The average molecular weight is 526 g/mol. The highest BCUT2D eigenvalue weighted by atomic mass is 32.1. The van der Waals surface area contributed by atoms with E-state index in [1.165, 1.54) is 43.2 Å². The zero-order valence-corrected chi connectivity index (χ0v) is 22.5. The molecule has 0 aliphatic heterocycles. The van der Waals surface area contributed by atoms with Crippen LogP contribution in [0.1, 0.15) is 64.5 Å². The third kappa shape index (κ3) is 7.01. The Labute approximate surface area is 229 Å². The Morgan fingerprint density at radius 2 is 1.45 bits per heavy atom. The summed E-state index contributed by atoms with van der Waals surface area (Å²) in [5.41, 5.74) is 7.35. The van der Waals surface area contributed by atoms with Crippen LogP contribution in [0.25, 0.3) is 11.3 Å². The summed E-state index contributed by atoms with van der Waals surface area (Å²) >= 11 is 1.67. The quantitative estimate of drug-likeness (QED) is 0.186. The van der Waals surface area contributed by atoms with Gasteiger partial charge in [0.1, 0.15) is 0 Å². The van der Waals surface area contributed by atoms with Crippen LogP contribution in [0.3, 0.4) is 0 Å². The molecule has 0 saturated heterocycles. The summed E-state index contributed by atoms with van der Waals surface area (Å²) in [6.45, 7) is 1.65. The Morgan fingerprint density at radius 1 is 0.816 bits per heavy atom. The van der Waals surface area contributed by atoms with Crippen LogP contribution in [-0.4, -0.2) is 29.1 Å². The topological polar surface area (TPSA) is 74.2 Å². The third-order valence-corrected chi connectivity index (χ3v) is 8.24. The maximum Gasteiger partial charge on any atom is 0.335 e. The number of carboxylic acids is 1. The summed E-state index contributed by atoms with van der Waals surface area (Å²) < 4.78 is 0. The van der Waals surface area contributed by atoms with Crippen molar-refractivity contribution in [2.75, 3.05) is 23.7 Å². The number of carboxylic acid groups (broad SMARTS) is 1. The first-order valence-electron chi connectivity index (χ1n) is 13.6. The first-order chi connectivity index (χ1) is 18.6. The van der Waals surface area contributed by atoms with Gasteiger partial charge in [-0.15, -0.1) is 11.3 Å². The van der Waals surface area contributed by atoms with E-state index < -0.39 is 5.97 Å². The van der Waals surface area contributed by atoms with E-state index in [9.17, 15) is 4.79 Å². The normalized spacial score (nSPS) is 13.8. The predicted octanol–water partition coefficient (Wildman–Crippen LogP) is 7.87. The molecule has 5 nitrogen and oxygen atoms in total. The van der Waals surface area contributed by atoms with E-state index in [1.807, 2.05) is 0 Å². The van der Waals surface area contributed by atoms with Crippen molar-refractivity contribution in [1.29, 1.82) is 0 Å². The molecule has 0 spiro atoms. The largest absolute Gasteiger partial charge is 0.478 e. The second-order valence-electron chi connectivity index (χ2n) is 10.0. The summed E-state index contributed by atoms with van der Waals surface area (Å²) in [5, 5.41) is 19.1. The molecule has 4 aromatic rings. The molecule has 1 saturated carbocycles. The molecular formula is C32H35N3O2S. The summed E-state index contributed by atoms with van der Waals surface area (Å²) in [5.74, 6) is -0.143. The van der Waals surface area contributed by atoms with Crippen molar-refractivity contribution >= 4 is 28.7 Å². The molecule has 0 radical (unpaired) electrons. The molecule has 6 heteroatoms. The second kappa shape index (κ2) is 12.7. The highest BCUT2D eigenvalue weighted by molar-refractivity contribution is 7.09. The number of nitrogens with one attached hydrogen (secondary N) is 2. The maximum atomic E-state index is 11.0. The van der Waals surface area contributed by atoms with Crippen molar-refractivity contribution in [3.05, 3.63) is 99.9 Å². The Bertz CT molecular complexity index is 1310. The molecule has 1 aliphatic carbocycles. The third-order valence-electron chi connectivity index (χ3n) is 7.33. The lowest BCUT2D eigenvalue weighted by Crippen LogP contribution is -2.06. The number of aromatic nitrogens is 1. The zero-order chi connectivity index (χ0) is 26.2. The van der Waals surface area contributed by atoms with E-state index in [0.29, 0.717) is 5.56 Å². The number of nitrogens with zero attached hydrogens (tertiary/aromatic N) is 1. The van der Waals surface area contributed by atoms with E-state index >= 15 is 0 Å². The Hall–Kier alpha value is -3.64. The van der Waals surface area contributed by atoms with Gasteiger partial charge in [-0.05, 0) is 72.7 Å². The first-order valence-corrected chi connectivity index (χ1v) is 14.5. The fraction of sp³-hybridized carbons (Fsp3) is 0.312. The smallest absolute Gasteiger partial charge is 0.335 e. The van der Waals surface area contributed by atoms with Crippen LogP contribution in [0.2, 0.25) is 0 Å². The number of thiazole rings is 1. The summed E-state index contributed by atoms with van der Waals surface area (Å²) in [7, 11) is 0. The summed E-state index contributed by atoms with van der Waals surface area (Å²) in [6, 6.07) is 24.6. The van der Waals surface area contributed by atoms with E-state index in [-0.39, 0.29) is 0 Å². The van der Waals surface area contributed by atoms with E-state index in [4.69, 9.17) is 10.1 Å². The molecule has 1 fully saturated rings. The lowest BCUT2D eigenvalue weighted by molar-refractivity contribution is 0.0697. The molecule has 5 rings (SSSR count). The van der Waals surface area contributed by atoms with Crippen molar-refractivity contribution in [2.24, 2.45) is 0 Å². The van der Waals surface area contributed by atoms with Gasteiger partial charge < -0.3 is 15.7 Å². The van der Waals surface area contributed by atoms with Crippen molar-refractivity contribution in [2.45, 2.75) is 50.9 Å². The lowest BCUT2D eigenvalue weighted by Gasteiger charge is -2.22. The van der Waals surface area contributed by atoms with Crippen LogP contribution in [-0.2, 0) is 12.8 Å². The Kier molecular flexibility index (Phi) is 8.71. The molecule has 0 amide bonds. The highest BCUT2D eigenvalue weighted by Gasteiger charge is 2.15. The highest BCUT2D eigenvalue weighted by Crippen LogP contribution is 2.32. The van der Waals surface area contributed by atoms with Crippen molar-refractivity contribution in [1.82, 2.24) is 4.98 Å². The fourth-order valence-electron chi connectivity index (χ4n) is 5.11. The van der Waals surface area contributed by atoms with Gasteiger partial charge in [0, 0.05) is 41.8 Å². The minimum Gasteiger partial charge on any atom is -0.478 e. The van der Waals surface area contributed by atoms with Gasteiger partial charge in [0.2, 0.25) is 0 Å². The van der Waals surface area contributed by atoms with Gasteiger partial charge in [-0.3, -0.25) is 0 Å². The van der Waals surface area contributed by atoms with Gasteiger partial charge in [-0.2, -0.15) is 0 Å². The SMILES string of the molecule is O=C(O)c1ccc(NCCc2nc(-c3ccc(NCCc4ccc(C5CCCCC5)cc4)cc3)cs2)cc1. The molecule has 0 bridgehead atoms. The van der Waals surface area contributed by atoms with Gasteiger partial charge >= 0.3 is 5.97 Å². The monoisotopic (exact) mass is 525 g/mol. The maximum absolute atomic E-state index is 11.0. The van der Waals surface area contributed by atoms with E-state index in [1.54, 1.807) is 35.6 Å². The molecule has 1 heterocycles.